The Balaban J connectivity index is 1.40. The summed E-state index contributed by atoms with van der Waals surface area (Å²) < 4.78 is 3.95. The van der Waals surface area contributed by atoms with E-state index in [0.29, 0.717) is 5.16 Å². The minimum atomic E-state index is -0.0986. The summed E-state index contributed by atoms with van der Waals surface area (Å²) in [5.41, 5.74) is 5.42. The highest BCUT2D eigenvalue weighted by Crippen LogP contribution is 2.25. The third-order valence-corrected chi connectivity index (χ3v) is 6.24. The third-order valence-electron chi connectivity index (χ3n) is 5.31. The number of carbonyl (C=O) groups excluding carboxylic acids is 1. The van der Waals surface area contributed by atoms with Crippen LogP contribution in [-0.2, 0) is 4.79 Å². The summed E-state index contributed by atoms with van der Waals surface area (Å²) in [6.45, 7) is 8.04. The Morgan fingerprint density at radius 2 is 1.88 bits per heavy atom. The van der Waals surface area contributed by atoms with Crippen molar-refractivity contribution in [3.63, 3.8) is 0 Å². The Bertz CT molecular complexity index is 1210. The van der Waals surface area contributed by atoms with E-state index in [9.17, 15) is 4.79 Å². The maximum atomic E-state index is 12.6. The number of rotatable bonds is 7. The summed E-state index contributed by atoms with van der Waals surface area (Å²) in [6, 6.07) is 14.3. The number of imidazole rings is 1. The van der Waals surface area contributed by atoms with Crippen molar-refractivity contribution in [2.24, 2.45) is 0 Å². The average Bonchev–Trinajstić information content (AvgIpc) is 3.44. The number of aromatic nitrogens is 5. The first-order chi connectivity index (χ1) is 15.4. The van der Waals surface area contributed by atoms with Crippen LogP contribution >= 0.6 is 11.8 Å². The van der Waals surface area contributed by atoms with Crippen LogP contribution in [0, 0.1) is 20.8 Å². The summed E-state index contributed by atoms with van der Waals surface area (Å²) in [4.78, 5) is 16.7. The monoisotopic (exact) mass is 446 g/mol. The molecule has 0 bridgehead atoms. The number of benzene rings is 2. The molecule has 0 radical (unpaired) electrons. The fraction of sp³-hybridized carbons (Fsp3) is 0.250. The largest absolute Gasteiger partial charge is 0.349 e. The summed E-state index contributed by atoms with van der Waals surface area (Å²) in [6.07, 6.45) is 5.41. The van der Waals surface area contributed by atoms with Crippen LogP contribution in [-0.4, -0.2) is 36.0 Å². The molecule has 2 aromatic carbocycles. The van der Waals surface area contributed by atoms with Crippen molar-refractivity contribution in [3.05, 3.63) is 83.7 Å². The number of nitrogens with one attached hydrogen (secondary N) is 1. The summed E-state index contributed by atoms with van der Waals surface area (Å²) >= 11 is 1.39. The Morgan fingerprint density at radius 1 is 1.09 bits per heavy atom. The number of amides is 1. The number of carbonyl (C=O) groups is 1. The van der Waals surface area contributed by atoms with E-state index in [2.05, 4.69) is 52.5 Å². The molecule has 2 heterocycles. The summed E-state index contributed by atoms with van der Waals surface area (Å²) in [7, 11) is 0. The molecule has 1 atom stereocenters. The van der Waals surface area contributed by atoms with Crippen LogP contribution in [0.5, 0.6) is 0 Å². The van der Waals surface area contributed by atoms with Gasteiger partial charge in [0, 0.05) is 18.1 Å². The molecule has 0 fully saturated rings. The van der Waals surface area contributed by atoms with Crippen LogP contribution in [0.4, 0.5) is 0 Å². The van der Waals surface area contributed by atoms with Crippen LogP contribution in [0.2, 0.25) is 0 Å². The van der Waals surface area contributed by atoms with Gasteiger partial charge in [-0.05, 0) is 62.6 Å². The molecular weight excluding hydrogens is 420 g/mol. The molecule has 1 amide bonds. The predicted molar refractivity (Wildman–Crippen MR) is 126 cm³/mol. The van der Waals surface area contributed by atoms with Gasteiger partial charge in [0.05, 0.1) is 23.8 Å². The highest BCUT2D eigenvalue weighted by molar-refractivity contribution is 7.99. The number of hydrogen-bond acceptors (Lipinski definition) is 5. The quantitative estimate of drug-likeness (QED) is 0.427. The zero-order chi connectivity index (χ0) is 22.7. The molecule has 0 aliphatic carbocycles. The van der Waals surface area contributed by atoms with E-state index in [1.165, 1.54) is 17.3 Å². The van der Waals surface area contributed by atoms with E-state index in [1.807, 2.05) is 53.4 Å². The number of thioether (sulfide) groups is 1. The second kappa shape index (κ2) is 9.40. The van der Waals surface area contributed by atoms with Crippen molar-refractivity contribution < 1.29 is 4.79 Å². The number of nitrogens with zero attached hydrogens (tertiary/aromatic N) is 5. The van der Waals surface area contributed by atoms with Crippen molar-refractivity contribution >= 4 is 17.7 Å². The first-order valence-corrected chi connectivity index (χ1v) is 11.4. The van der Waals surface area contributed by atoms with Crippen molar-refractivity contribution in [2.45, 2.75) is 38.9 Å². The number of aryl methyl sites for hydroxylation is 3. The molecule has 4 rings (SSSR count). The van der Waals surface area contributed by atoms with Crippen LogP contribution in [0.3, 0.4) is 0 Å². The van der Waals surface area contributed by atoms with Crippen molar-refractivity contribution in [3.8, 4) is 11.4 Å². The van der Waals surface area contributed by atoms with Gasteiger partial charge in [-0.3, -0.25) is 9.36 Å². The molecule has 2 aromatic heterocycles. The second-order valence-corrected chi connectivity index (χ2v) is 8.74. The van der Waals surface area contributed by atoms with Crippen LogP contribution < -0.4 is 5.32 Å². The third kappa shape index (κ3) is 4.75. The molecule has 0 saturated heterocycles. The van der Waals surface area contributed by atoms with Gasteiger partial charge in [-0.2, -0.15) is 0 Å². The highest BCUT2D eigenvalue weighted by Gasteiger charge is 2.16. The van der Waals surface area contributed by atoms with Gasteiger partial charge in [0.25, 0.3) is 0 Å². The molecule has 32 heavy (non-hydrogen) atoms. The van der Waals surface area contributed by atoms with Crippen LogP contribution in [0.15, 0.2) is 66.3 Å². The first-order valence-electron chi connectivity index (χ1n) is 10.4. The fourth-order valence-electron chi connectivity index (χ4n) is 3.52. The van der Waals surface area contributed by atoms with Gasteiger partial charge in [0.15, 0.2) is 5.16 Å². The molecular formula is C24H26N6OS. The lowest BCUT2D eigenvalue weighted by Gasteiger charge is -2.15. The first kappa shape index (κ1) is 21.8. The molecule has 4 aromatic rings. The Labute approximate surface area is 191 Å². The van der Waals surface area contributed by atoms with Gasteiger partial charge in [0.2, 0.25) is 5.91 Å². The normalized spacial score (nSPS) is 12.0. The smallest absolute Gasteiger partial charge is 0.230 e. The Morgan fingerprint density at radius 3 is 2.59 bits per heavy atom. The zero-order valence-corrected chi connectivity index (χ0v) is 19.4. The second-order valence-electron chi connectivity index (χ2n) is 7.79. The lowest BCUT2D eigenvalue weighted by Crippen LogP contribution is -2.28. The minimum Gasteiger partial charge on any atom is -0.349 e. The van der Waals surface area contributed by atoms with E-state index >= 15 is 0 Å². The van der Waals surface area contributed by atoms with Crippen molar-refractivity contribution in [2.75, 3.05) is 5.75 Å². The van der Waals surface area contributed by atoms with Gasteiger partial charge in [-0.15, -0.1) is 10.2 Å². The van der Waals surface area contributed by atoms with E-state index in [0.717, 1.165) is 28.3 Å². The predicted octanol–water partition coefficient (Wildman–Crippen LogP) is 4.35. The van der Waals surface area contributed by atoms with E-state index < -0.39 is 0 Å². The standard InChI is InChI=1S/C24H26N6OS/c1-16-5-6-17(2)22(13-16)30-19(4)27-28-24(30)32-14-23(31)26-18(3)20-7-9-21(10-8-20)29-12-11-25-15-29/h5-13,15,18H,14H2,1-4H3,(H,26,31)/t18-/m1/s1. The lowest BCUT2D eigenvalue weighted by molar-refractivity contribution is -0.119. The molecule has 0 spiro atoms. The van der Waals surface area contributed by atoms with Gasteiger partial charge in [-0.1, -0.05) is 36.0 Å². The molecule has 0 unspecified atom stereocenters. The topological polar surface area (TPSA) is 77.6 Å². The lowest BCUT2D eigenvalue weighted by atomic mass is 10.1. The highest BCUT2D eigenvalue weighted by atomic mass is 32.2. The van der Waals surface area contributed by atoms with Crippen molar-refractivity contribution in [1.29, 1.82) is 0 Å². The van der Waals surface area contributed by atoms with Crippen LogP contribution in [0.25, 0.3) is 11.4 Å². The van der Waals surface area contributed by atoms with Gasteiger partial charge < -0.3 is 9.88 Å². The Kier molecular flexibility index (Phi) is 6.41. The summed E-state index contributed by atoms with van der Waals surface area (Å²) in [5.74, 6) is 1.02. The molecule has 0 aliphatic rings. The fourth-order valence-corrected chi connectivity index (χ4v) is 4.32. The maximum Gasteiger partial charge on any atom is 0.230 e. The summed E-state index contributed by atoms with van der Waals surface area (Å²) in [5, 5.41) is 12.3. The van der Waals surface area contributed by atoms with Gasteiger partial charge in [0.1, 0.15) is 5.82 Å². The minimum absolute atomic E-state index is 0.0469. The molecule has 0 saturated carbocycles. The zero-order valence-electron chi connectivity index (χ0n) is 18.6. The average molecular weight is 447 g/mol. The molecule has 164 valence electrons. The van der Waals surface area contributed by atoms with E-state index in [1.54, 1.807) is 12.5 Å². The molecule has 7 nitrogen and oxygen atoms in total. The SMILES string of the molecule is Cc1ccc(C)c(-n2c(C)nnc2SCC(=O)N[C@H](C)c2ccc(-n3ccnc3)cc2)c1. The van der Waals surface area contributed by atoms with Crippen LogP contribution in [0.1, 0.15) is 35.5 Å². The molecule has 1 N–H and O–H groups in total. The van der Waals surface area contributed by atoms with E-state index in [4.69, 9.17) is 0 Å². The molecule has 0 aliphatic heterocycles. The van der Waals surface area contributed by atoms with Crippen molar-refractivity contribution in [1.82, 2.24) is 29.6 Å². The van der Waals surface area contributed by atoms with Gasteiger partial charge in [-0.25, -0.2) is 4.98 Å². The Hall–Kier alpha value is -3.39. The van der Waals surface area contributed by atoms with Gasteiger partial charge >= 0.3 is 0 Å². The molecule has 8 heteroatoms. The van der Waals surface area contributed by atoms with E-state index in [-0.39, 0.29) is 17.7 Å². The number of hydrogen-bond donors (Lipinski definition) is 1. The maximum absolute atomic E-state index is 12.6.